The maximum Gasteiger partial charge on any atom is 0.270 e. The first-order valence-electron chi connectivity index (χ1n) is 8.61. The van der Waals surface area contributed by atoms with Gasteiger partial charge >= 0.3 is 0 Å². The Morgan fingerprint density at radius 1 is 1.11 bits per heavy atom. The molecular weight excluding hydrogens is 377 g/mol. The quantitative estimate of drug-likeness (QED) is 0.513. The lowest BCUT2D eigenvalue weighted by atomic mass is 10.1. The zero-order chi connectivity index (χ0) is 19.5. The highest BCUT2D eigenvalue weighted by molar-refractivity contribution is 7.14. The summed E-state index contributed by atoms with van der Waals surface area (Å²) < 4.78 is 18.4. The van der Waals surface area contributed by atoms with Crippen molar-refractivity contribution in [1.82, 2.24) is 10.1 Å². The summed E-state index contributed by atoms with van der Waals surface area (Å²) in [6, 6.07) is 15.5. The van der Waals surface area contributed by atoms with Crippen molar-refractivity contribution in [3.63, 3.8) is 0 Å². The third kappa shape index (κ3) is 3.99. The number of hydrogen-bond donors (Lipinski definition) is 1. The molecule has 0 saturated heterocycles. The van der Waals surface area contributed by atoms with Crippen molar-refractivity contribution in [3.8, 4) is 22.2 Å². The molecule has 0 aliphatic rings. The zero-order valence-corrected chi connectivity index (χ0v) is 15.8. The van der Waals surface area contributed by atoms with E-state index in [0.29, 0.717) is 22.3 Å². The molecule has 4 aromatic rings. The fraction of sp³-hybridized carbons (Fsp3) is 0.0952. The summed E-state index contributed by atoms with van der Waals surface area (Å²) in [4.78, 5) is 17.5. The van der Waals surface area contributed by atoms with Gasteiger partial charge in [-0.05, 0) is 36.1 Å². The Hall–Kier alpha value is -3.32. The van der Waals surface area contributed by atoms with Crippen LogP contribution in [-0.4, -0.2) is 16.0 Å². The summed E-state index contributed by atoms with van der Waals surface area (Å²) in [6.07, 6.45) is 0.147. The van der Waals surface area contributed by atoms with Gasteiger partial charge in [0.25, 0.3) is 5.89 Å². The van der Waals surface area contributed by atoms with Crippen molar-refractivity contribution < 1.29 is 13.7 Å². The van der Waals surface area contributed by atoms with Gasteiger partial charge in [-0.15, -0.1) is 11.3 Å². The monoisotopic (exact) mass is 393 g/mol. The lowest BCUT2D eigenvalue weighted by molar-refractivity contribution is -0.115. The number of benzene rings is 2. The van der Waals surface area contributed by atoms with Gasteiger partial charge in [0.15, 0.2) is 0 Å². The van der Waals surface area contributed by atoms with Gasteiger partial charge in [-0.1, -0.05) is 47.1 Å². The number of amides is 1. The SMILES string of the molecule is Cc1ccc(-c2noc(-c3sccc3NC(=O)Cc3ccc(F)cc3)n2)cc1. The van der Waals surface area contributed by atoms with Crippen LogP contribution in [0.25, 0.3) is 22.2 Å². The van der Waals surface area contributed by atoms with Gasteiger partial charge in [-0.2, -0.15) is 4.98 Å². The minimum Gasteiger partial charge on any atom is -0.333 e. The van der Waals surface area contributed by atoms with E-state index < -0.39 is 0 Å². The molecule has 4 rings (SSSR count). The molecule has 5 nitrogen and oxygen atoms in total. The maximum atomic E-state index is 13.0. The van der Waals surface area contributed by atoms with Crippen LogP contribution < -0.4 is 5.32 Å². The van der Waals surface area contributed by atoms with Crippen LogP contribution in [0.3, 0.4) is 0 Å². The Labute approximate surface area is 164 Å². The van der Waals surface area contributed by atoms with Crippen LogP contribution in [0.1, 0.15) is 11.1 Å². The molecule has 0 unspecified atom stereocenters. The van der Waals surface area contributed by atoms with Crippen molar-refractivity contribution in [1.29, 1.82) is 0 Å². The van der Waals surface area contributed by atoms with E-state index in [-0.39, 0.29) is 18.1 Å². The molecule has 28 heavy (non-hydrogen) atoms. The van der Waals surface area contributed by atoms with Gasteiger partial charge in [-0.25, -0.2) is 4.39 Å². The minimum absolute atomic E-state index is 0.147. The molecule has 0 aliphatic carbocycles. The number of aryl methyl sites for hydroxylation is 1. The van der Waals surface area contributed by atoms with Crippen LogP contribution in [0.5, 0.6) is 0 Å². The van der Waals surface area contributed by atoms with Crippen molar-refractivity contribution in [3.05, 3.63) is 76.9 Å². The summed E-state index contributed by atoms with van der Waals surface area (Å²) in [5.41, 5.74) is 3.35. The lowest BCUT2D eigenvalue weighted by Gasteiger charge is -2.05. The average molecular weight is 393 g/mol. The van der Waals surface area contributed by atoms with Gasteiger partial charge in [0.05, 0.1) is 12.1 Å². The van der Waals surface area contributed by atoms with Crippen molar-refractivity contribution in [2.45, 2.75) is 13.3 Å². The Balaban J connectivity index is 1.50. The second kappa shape index (κ2) is 7.74. The van der Waals surface area contributed by atoms with E-state index >= 15 is 0 Å². The molecule has 0 atom stereocenters. The van der Waals surface area contributed by atoms with Crippen molar-refractivity contribution in [2.75, 3.05) is 5.32 Å². The van der Waals surface area contributed by atoms with Gasteiger partial charge < -0.3 is 9.84 Å². The van der Waals surface area contributed by atoms with E-state index in [2.05, 4.69) is 15.5 Å². The van der Waals surface area contributed by atoms with Crippen molar-refractivity contribution >= 4 is 22.9 Å². The summed E-state index contributed by atoms with van der Waals surface area (Å²) >= 11 is 1.40. The second-order valence-electron chi connectivity index (χ2n) is 6.30. The Bertz CT molecular complexity index is 1100. The van der Waals surface area contributed by atoms with Crippen LogP contribution in [-0.2, 0) is 11.2 Å². The molecule has 2 aromatic carbocycles. The Morgan fingerprint density at radius 3 is 2.61 bits per heavy atom. The first-order chi connectivity index (χ1) is 13.6. The van der Waals surface area contributed by atoms with Crippen LogP contribution in [0.2, 0.25) is 0 Å². The molecule has 0 radical (unpaired) electrons. The Kier molecular flexibility index (Phi) is 4.99. The predicted octanol–water partition coefficient (Wildman–Crippen LogP) is 5.09. The number of hydrogen-bond acceptors (Lipinski definition) is 5. The van der Waals surface area contributed by atoms with Crippen LogP contribution in [0.4, 0.5) is 10.1 Å². The van der Waals surface area contributed by atoms with Crippen LogP contribution in [0.15, 0.2) is 64.5 Å². The number of thiophene rings is 1. The molecule has 2 heterocycles. The average Bonchev–Trinajstić information content (AvgIpc) is 3.33. The highest BCUT2D eigenvalue weighted by atomic mass is 32.1. The molecule has 7 heteroatoms. The second-order valence-corrected chi connectivity index (χ2v) is 7.22. The minimum atomic E-state index is -0.329. The number of nitrogens with one attached hydrogen (secondary N) is 1. The molecule has 0 bridgehead atoms. The largest absolute Gasteiger partial charge is 0.333 e. The van der Waals surface area contributed by atoms with Gasteiger partial charge in [-0.3, -0.25) is 4.79 Å². The maximum absolute atomic E-state index is 13.0. The van der Waals surface area contributed by atoms with Crippen molar-refractivity contribution in [2.24, 2.45) is 0 Å². The summed E-state index contributed by atoms with van der Waals surface area (Å²) in [7, 11) is 0. The van der Waals surface area contributed by atoms with Crippen LogP contribution in [0, 0.1) is 12.7 Å². The number of aromatic nitrogens is 2. The molecule has 140 valence electrons. The van der Waals surface area contributed by atoms with E-state index in [4.69, 9.17) is 4.52 Å². The number of nitrogens with zero attached hydrogens (tertiary/aromatic N) is 2. The molecule has 1 amide bonds. The standard InChI is InChI=1S/C21H16FN3O2S/c1-13-2-6-15(7-3-13)20-24-21(27-25-20)19-17(10-11-28-19)23-18(26)12-14-4-8-16(22)9-5-14/h2-11H,12H2,1H3,(H,23,26). The molecule has 1 N–H and O–H groups in total. The predicted molar refractivity (Wildman–Crippen MR) is 107 cm³/mol. The first-order valence-corrected chi connectivity index (χ1v) is 9.49. The normalized spacial score (nSPS) is 10.8. The highest BCUT2D eigenvalue weighted by Crippen LogP contribution is 2.33. The number of carbonyl (C=O) groups is 1. The topological polar surface area (TPSA) is 68.0 Å². The van der Waals surface area contributed by atoms with Crippen LogP contribution >= 0.6 is 11.3 Å². The molecular formula is C21H16FN3O2S. The fourth-order valence-corrected chi connectivity index (χ4v) is 3.46. The first kappa shape index (κ1) is 18.1. The molecule has 2 aromatic heterocycles. The number of carbonyl (C=O) groups excluding carboxylic acids is 1. The number of anilines is 1. The molecule has 0 saturated carbocycles. The fourth-order valence-electron chi connectivity index (χ4n) is 2.69. The third-order valence-corrected chi connectivity index (χ3v) is 5.05. The Morgan fingerprint density at radius 2 is 1.86 bits per heavy atom. The smallest absolute Gasteiger partial charge is 0.270 e. The highest BCUT2D eigenvalue weighted by Gasteiger charge is 2.17. The van der Waals surface area contributed by atoms with Gasteiger partial charge in [0, 0.05) is 5.56 Å². The van der Waals surface area contributed by atoms with Gasteiger partial charge in [0.2, 0.25) is 11.7 Å². The number of rotatable bonds is 5. The van der Waals surface area contributed by atoms with E-state index in [0.717, 1.165) is 16.7 Å². The third-order valence-electron chi connectivity index (χ3n) is 4.15. The molecule has 0 spiro atoms. The summed E-state index contributed by atoms with van der Waals surface area (Å²) in [6.45, 7) is 2.01. The lowest BCUT2D eigenvalue weighted by Crippen LogP contribution is -2.14. The molecule has 0 aliphatic heterocycles. The van der Waals surface area contributed by atoms with E-state index in [1.807, 2.05) is 36.6 Å². The summed E-state index contributed by atoms with van der Waals surface area (Å²) in [5, 5.41) is 8.75. The van der Waals surface area contributed by atoms with E-state index in [1.165, 1.54) is 23.5 Å². The molecule has 0 fully saturated rings. The van der Waals surface area contributed by atoms with Gasteiger partial charge in [0.1, 0.15) is 10.7 Å². The summed E-state index contributed by atoms with van der Waals surface area (Å²) in [5.74, 6) is 0.309. The van der Waals surface area contributed by atoms with E-state index in [1.54, 1.807) is 18.2 Å². The number of halogens is 1. The van der Waals surface area contributed by atoms with E-state index in [9.17, 15) is 9.18 Å². The zero-order valence-electron chi connectivity index (χ0n) is 15.0.